The van der Waals surface area contributed by atoms with Crippen molar-refractivity contribution in [2.24, 2.45) is 7.05 Å². The molecule has 1 saturated heterocycles. The molecule has 0 saturated carbocycles. The number of nitrogens with zero attached hydrogens (tertiary/aromatic N) is 4. The van der Waals surface area contributed by atoms with Gasteiger partial charge in [-0.15, -0.1) is 0 Å². The largest absolute Gasteiger partial charge is 0.353 e. The first kappa shape index (κ1) is 17.7. The summed E-state index contributed by atoms with van der Waals surface area (Å²) in [5.74, 6) is 0.0880. The number of benzene rings is 1. The van der Waals surface area contributed by atoms with Crippen LogP contribution in [-0.4, -0.2) is 31.9 Å². The fourth-order valence-corrected chi connectivity index (χ4v) is 4.01. The standard InChI is InChI=1S/C22H26N4O/c1-15-16(2)24-19-14-17(10-11-18(19)23-15)22(27)26-13-6-4-5-8-21(26)20-9-7-12-25(20)3/h7,9-12,14,21H,4-6,8,13H2,1-3H3/t21-/m0/s1. The van der Waals surface area contributed by atoms with Gasteiger partial charge in [0.05, 0.1) is 28.5 Å². The molecule has 140 valence electrons. The first-order chi connectivity index (χ1) is 13.0. The summed E-state index contributed by atoms with van der Waals surface area (Å²) in [4.78, 5) is 24.7. The van der Waals surface area contributed by atoms with E-state index in [-0.39, 0.29) is 11.9 Å². The van der Waals surface area contributed by atoms with Crippen LogP contribution < -0.4 is 0 Å². The molecule has 5 nitrogen and oxygen atoms in total. The number of aromatic nitrogens is 3. The average Bonchev–Trinajstić information content (AvgIpc) is 2.93. The van der Waals surface area contributed by atoms with Crippen molar-refractivity contribution in [3.05, 3.63) is 59.2 Å². The lowest BCUT2D eigenvalue weighted by Gasteiger charge is -2.31. The van der Waals surface area contributed by atoms with Crippen LogP contribution in [0, 0.1) is 13.8 Å². The Bertz CT molecular complexity index is 991. The lowest BCUT2D eigenvalue weighted by atomic mass is 10.0. The molecule has 0 N–H and O–H groups in total. The molecule has 0 unspecified atom stereocenters. The SMILES string of the molecule is Cc1nc2ccc(C(=O)N3CCCCC[C@H]3c3cccn3C)cc2nc1C. The van der Waals surface area contributed by atoms with Gasteiger partial charge in [0.2, 0.25) is 0 Å². The molecule has 3 heterocycles. The molecular formula is C22H26N4O. The third-order valence-electron chi connectivity index (χ3n) is 5.66. The highest BCUT2D eigenvalue weighted by atomic mass is 16.2. The fourth-order valence-electron chi connectivity index (χ4n) is 4.01. The zero-order chi connectivity index (χ0) is 19.0. The van der Waals surface area contributed by atoms with Crippen LogP contribution in [0.15, 0.2) is 36.5 Å². The molecule has 0 spiro atoms. The normalized spacial score (nSPS) is 17.9. The monoisotopic (exact) mass is 362 g/mol. The van der Waals surface area contributed by atoms with Crippen LogP contribution in [0.1, 0.15) is 59.2 Å². The molecule has 1 aromatic carbocycles. The van der Waals surface area contributed by atoms with Crippen LogP contribution in [0.4, 0.5) is 0 Å². The minimum Gasteiger partial charge on any atom is -0.353 e. The highest BCUT2D eigenvalue weighted by Gasteiger charge is 2.29. The molecule has 1 atom stereocenters. The van der Waals surface area contributed by atoms with Gasteiger partial charge in [-0.1, -0.05) is 12.8 Å². The van der Waals surface area contributed by atoms with E-state index in [1.165, 1.54) is 12.1 Å². The van der Waals surface area contributed by atoms with Crippen molar-refractivity contribution in [3.8, 4) is 0 Å². The first-order valence-corrected chi connectivity index (χ1v) is 9.72. The summed E-state index contributed by atoms with van der Waals surface area (Å²) in [5, 5.41) is 0. The first-order valence-electron chi connectivity index (χ1n) is 9.72. The fraction of sp³-hybridized carbons (Fsp3) is 0.409. The summed E-state index contributed by atoms with van der Waals surface area (Å²) in [6.45, 7) is 4.71. The molecule has 0 bridgehead atoms. The van der Waals surface area contributed by atoms with E-state index in [2.05, 4.69) is 44.8 Å². The number of fused-ring (bicyclic) bond motifs is 1. The zero-order valence-electron chi connectivity index (χ0n) is 16.3. The van der Waals surface area contributed by atoms with Crippen LogP contribution in [0.3, 0.4) is 0 Å². The Kier molecular flexibility index (Phi) is 4.68. The van der Waals surface area contributed by atoms with Crippen LogP contribution in [0.5, 0.6) is 0 Å². The summed E-state index contributed by atoms with van der Waals surface area (Å²) < 4.78 is 2.13. The van der Waals surface area contributed by atoms with Gasteiger partial charge in [-0.05, 0) is 57.0 Å². The van der Waals surface area contributed by atoms with Gasteiger partial charge < -0.3 is 9.47 Å². The molecule has 1 aliphatic rings. The molecule has 1 fully saturated rings. The van der Waals surface area contributed by atoms with Crippen molar-refractivity contribution < 1.29 is 4.79 Å². The van der Waals surface area contributed by atoms with Crippen molar-refractivity contribution >= 4 is 16.9 Å². The van der Waals surface area contributed by atoms with E-state index < -0.39 is 0 Å². The number of carbonyl (C=O) groups is 1. The van der Waals surface area contributed by atoms with Crippen molar-refractivity contribution in [1.82, 2.24) is 19.4 Å². The van der Waals surface area contributed by atoms with Crippen LogP contribution in [0.25, 0.3) is 11.0 Å². The van der Waals surface area contributed by atoms with Crippen LogP contribution >= 0.6 is 0 Å². The molecule has 2 aromatic heterocycles. The van der Waals surface area contributed by atoms with Gasteiger partial charge in [0.25, 0.3) is 5.91 Å². The molecule has 4 rings (SSSR count). The molecule has 27 heavy (non-hydrogen) atoms. The lowest BCUT2D eigenvalue weighted by molar-refractivity contribution is 0.0674. The summed E-state index contributed by atoms with van der Waals surface area (Å²) >= 11 is 0. The Morgan fingerprint density at radius 1 is 1.04 bits per heavy atom. The summed E-state index contributed by atoms with van der Waals surface area (Å²) in [5.41, 5.74) is 5.36. The molecule has 5 heteroatoms. The van der Waals surface area contributed by atoms with Crippen molar-refractivity contribution in [3.63, 3.8) is 0 Å². The highest BCUT2D eigenvalue weighted by Crippen LogP contribution is 2.31. The second-order valence-electron chi connectivity index (χ2n) is 7.51. The van der Waals surface area contributed by atoms with Gasteiger partial charge >= 0.3 is 0 Å². The Hall–Kier alpha value is -2.69. The number of amides is 1. The minimum atomic E-state index is 0.0880. The Morgan fingerprint density at radius 3 is 2.56 bits per heavy atom. The number of hydrogen-bond donors (Lipinski definition) is 0. The molecule has 0 aliphatic carbocycles. The second-order valence-corrected chi connectivity index (χ2v) is 7.51. The van der Waals surface area contributed by atoms with E-state index in [0.29, 0.717) is 5.56 Å². The quantitative estimate of drug-likeness (QED) is 0.681. The van der Waals surface area contributed by atoms with Gasteiger partial charge in [0.15, 0.2) is 0 Å². The maximum Gasteiger partial charge on any atom is 0.254 e. The maximum absolute atomic E-state index is 13.4. The number of hydrogen-bond acceptors (Lipinski definition) is 3. The van der Waals surface area contributed by atoms with E-state index in [1.54, 1.807) is 0 Å². The number of rotatable bonds is 2. The predicted octanol–water partition coefficient (Wildman–Crippen LogP) is 4.34. The van der Waals surface area contributed by atoms with Gasteiger partial charge in [-0.25, -0.2) is 9.97 Å². The lowest BCUT2D eigenvalue weighted by Crippen LogP contribution is -2.35. The van der Waals surface area contributed by atoms with Crippen molar-refractivity contribution in [2.45, 2.75) is 45.6 Å². The third kappa shape index (κ3) is 3.34. The van der Waals surface area contributed by atoms with Crippen LogP contribution in [-0.2, 0) is 7.05 Å². The average molecular weight is 362 g/mol. The summed E-state index contributed by atoms with van der Waals surface area (Å²) in [7, 11) is 2.06. The van der Waals surface area contributed by atoms with Crippen molar-refractivity contribution in [1.29, 1.82) is 0 Å². The molecule has 0 radical (unpaired) electrons. The molecule has 1 amide bonds. The molecular weight excluding hydrogens is 336 g/mol. The van der Waals surface area contributed by atoms with Gasteiger partial charge in [0.1, 0.15) is 0 Å². The van der Waals surface area contributed by atoms with Gasteiger partial charge in [-0.3, -0.25) is 4.79 Å². The van der Waals surface area contributed by atoms with Gasteiger partial charge in [0, 0.05) is 31.0 Å². The Labute approximate surface area is 160 Å². The maximum atomic E-state index is 13.4. The number of carbonyl (C=O) groups excluding carboxylic acids is 1. The Balaban J connectivity index is 1.71. The zero-order valence-corrected chi connectivity index (χ0v) is 16.3. The topological polar surface area (TPSA) is 51.0 Å². The van der Waals surface area contributed by atoms with Crippen LogP contribution in [0.2, 0.25) is 0 Å². The predicted molar refractivity (Wildman–Crippen MR) is 107 cm³/mol. The summed E-state index contributed by atoms with van der Waals surface area (Å²) in [6, 6.07) is 10.0. The summed E-state index contributed by atoms with van der Waals surface area (Å²) in [6.07, 6.45) is 6.45. The highest BCUT2D eigenvalue weighted by molar-refractivity contribution is 5.97. The number of likely N-dealkylation sites (tertiary alicyclic amines) is 1. The minimum absolute atomic E-state index is 0.0880. The number of aryl methyl sites for hydroxylation is 3. The second kappa shape index (κ2) is 7.14. The smallest absolute Gasteiger partial charge is 0.254 e. The van der Waals surface area contributed by atoms with Gasteiger partial charge in [-0.2, -0.15) is 0 Å². The Morgan fingerprint density at radius 2 is 1.81 bits per heavy atom. The van der Waals surface area contributed by atoms with E-state index in [4.69, 9.17) is 0 Å². The van der Waals surface area contributed by atoms with E-state index in [9.17, 15) is 4.79 Å². The van der Waals surface area contributed by atoms with E-state index in [1.807, 2.05) is 32.0 Å². The third-order valence-corrected chi connectivity index (χ3v) is 5.66. The molecule has 1 aliphatic heterocycles. The van der Waals surface area contributed by atoms with Crippen molar-refractivity contribution in [2.75, 3.05) is 6.54 Å². The van der Waals surface area contributed by atoms with E-state index >= 15 is 0 Å². The molecule has 3 aromatic rings. The van der Waals surface area contributed by atoms with E-state index in [0.717, 1.165) is 48.2 Å².